The van der Waals surface area contributed by atoms with E-state index < -0.39 is 0 Å². The Hall–Kier alpha value is -0.120. The number of rotatable bonds is 15. The van der Waals surface area contributed by atoms with Crippen LogP contribution in [0.3, 0.4) is 0 Å². The molecule has 3 nitrogen and oxygen atoms in total. The maximum absolute atomic E-state index is 5.70. The lowest BCUT2D eigenvalue weighted by Crippen LogP contribution is -2.33. The van der Waals surface area contributed by atoms with Crippen LogP contribution in [0, 0.1) is 0 Å². The summed E-state index contributed by atoms with van der Waals surface area (Å²) in [7, 11) is 0. The average molecular weight is 288 g/mol. The minimum absolute atomic E-state index is 0.149. The zero-order valence-corrected chi connectivity index (χ0v) is 14.2. The lowest BCUT2D eigenvalue weighted by Gasteiger charge is -2.31. The van der Waals surface area contributed by atoms with Crippen molar-refractivity contribution < 1.29 is 14.8 Å². The summed E-state index contributed by atoms with van der Waals surface area (Å²) in [6.07, 6.45) is 12.8. The van der Waals surface area contributed by atoms with Gasteiger partial charge in [0, 0.05) is 0 Å². The normalized spacial score (nSPS) is 12.0. The van der Waals surface area contributed by atoms with Gasteiger partial charge in [0.15, 0.2) is 0 Å². The zero-order valence-electron chi connectivity index (χ0n) is 14.2. The Kier molecular flexibility index (Phi) is 13.8. The van der Waals surface area contributed by atoms with Crippen molar-refractivity contribution in [3.05, 3.63) is 0 Å². The van der Waals surface area contributed by atoms with Gasteiger partial charge in [0.25, 0.3) is 0 Å². The molecule has 122 valence electrons. The zero-order chi connectivity index (χ0) is 15.1. The Morgan fingerprint density at radius 3 is 1.85 bits per heavy atom. The second-order valence-corrected chi connectivity index (χ2v) is 5.82. The fourth-order valence-electron chi connectivity index (χ4n) is 2.68. The molecule has 0 aliphatic rings. The smallest absolute Gasteiger partial charge is 0.107 e. The predicted octanol–water partition coefficient (Wildman–Crippen LogP) is 5.98. The fraction of sp³-hybridized carbons (Fsp3) is 1.00. The average Bonchev–Trinajstić information content (AvgIpc) is 2.44. The standard InChI is InChI=1S/C17H36O3/c1-5-9-10-11-12-15-17(13-6-2,14-7-3)19-20-18-16-8-4/h5-16H2,1-4H3. The molecule has 0 N–H and O–H groups in total. The Labute approximate surface area is 126 Å². The molecule has 0 atom stereocenters. The summed E-state index contributed by atoms with van der Waals surface area (Å²) < 4.78 is 0. The van der Waals surface area contributed by atoms with Crippen LogP contribution in [-0.4, -0.2) is 12.2 Å². The Balaban J connectivity index is 4.18. The molecule has 20 heavy (non-hydrogen) atoms. The Bertz CT molecular complexity index is 189. The van der Waals surface area contributed by atoms with Crippen molar-refractivity contribution in [1.29, 1.82) is 0 Å². The first-order chi connectivity index (χ1) is 9.74. The first-order valence-corrected chi connectivity index (χ1v) is 8.72. The van der Waals surface area contributed by atoms with Gasteiger partial charge < -0.3 is 0 Å². The number of unbranched alkanes of at least 4 members (excludes halogenated alkanes) is 4. The molecule has 3 heteroatoms. The van der Waals surface area contributed by atoms with Gasteiger partial charge >= 0.3 is 0 Å². The predicted molar refractivity (Wildman–Crippen MR) is 84.3 cm³/mol. The number of hydrogen-bond donors (Lipinski definition) is 0. The molecule has 0 fully saturated rings. The Morgan fingerprint density at radius 2 is 1.30 bits per heavy atom. The summed E-state index contributed by atoms with van der Waals surface area (Å²) in [5.41, 5.74) is -0.149. The molecule has 0 aromatic carbocycles. The van der Waals surface area contributed by atoms with Crippen molar-refractivity contribution in [2.45, 2.75) is 104 Å². The highest BCUT2D eigenvalue weighted by Gasteiger charge is 2.31. The van der Waals surface area contributed by atoms with Crippen LogP contribution >= 0.6 is 0 Å². The van der Waals surface area contributed by atoms with Gasteiger partial charge in [-0.1, -0.05) is 77.7 Å². The van der Waals surface area contributed by atoms with Gasteiger partial charge in [-0.3, -0.25) is 0 Å². The summed E-state index contributed by atoms with van der Waals surface area (Å²) >= 11 is 0. The molecule has 0 rings (SSSR count). The van der Waals surface area contributed by atoms with E-state index in [-0.39, 0.29) is 5.60 Å². The van der Waals surface area contributed by atoms with Crippen LogP contribution in [-0.2, 0) is 14.8 Å². The van der Waals surface area contributed by atoms with Crippen LogP contribution in [0.15, 0.2) is 0 Å². The van der Waals surface area contributed by atoms with E-state index in [1.165, 1.54) is 32.1 Å². The van der Waals surface area contributed by atoms with Crippen molar-refractivity contribution in [1.82, 2.24) is 0 Å². The summed E-state index contributed by atoms with van der Waals surface area (Å²) in [5, 5.41) is 5.02. The van der Waals surface area contributed by atoms with E-state index >= 15 is 0 Å². The third-order valence-corrected chi connectivity index (χ3v) is 3.69. The van der Waals surface area contributed by atoms with E-state index in [0.717, 1.165) is 38.5 Å². The molecular weight excluding hydrogens is 252 g/mol. The molecule has 0 aromatic rings. The van der Waals surface area contributed by atoms with Crippen molar-refractivity contribution in [3.8, 4) is 0 Å². The highest BCUT2D eigenvalue weighted by molar-refractivity contribution is 4.78. The van der Waals surface area contributed by atoms with Crippen molar-refractivity contribution in [2.75, 3.05) is 6.61 Å². The molecule has 0 aliphatic heterocycles. The highest BCUT2D eigenvalue weighted by atomic mass is 17.5. The van der Waals surface area contributed by atoms with Crippen LogP contribution in [0.1, 0.15) is 98.3 Å². The molecule has 0 aliphatic carbocycles. The maximum Gasteiger partial charge on any atom is 0.107 e. The topological polar surface area (TPSA) is 27.7 Å². The van der Waals surface area contributed by atoms with Gasteiger partial charge in [-0.05, 0) is 25.7 Å². The fourth-order valence-corrected chi connectivity index (χ4v) is 2.68. The van der Waals surface area contributed by atoms with Gasteiger partial charge in [0.2, 0.25) is 0 Å². The lowest BCUT2D eigenvalue weighted by molar-refractivity contribution is -0.545. The molecule has 0 saturated carbocycles. The second-order valence-electron chi connectivity index (χ2n) is 5.82. The molecule has 0 amide bonds. The van der Waals surface area contributed by atoms with Crippen LogP contribution in [0.4, 0.5) is 0 Å². The van der Waals surface area contributed by atoms with E-state index in [2.05, 4.69) is 27.7 Å². The molecule has 0 spiro atoms. The molecule has 0 saturated heterocycles. The van der Waals surface area contributed by atoms with Crippen LogP contribution in [0.25, 0.3) is 0 Å². The summed E-state index contributed by atoms with van der Waals surface area (Å²) in [4.78, 5) is 10.8. The van der Waals surface area contributed by atoms with E-state index in [1.54, 1.807) is 0 Å². The molecule has 0 radical (unpaired) electrons. The molecule has 0 unspecified atom stereocenters. The van der Waals surface area contributed by atoms with Crippen molar-refractivity contribution in [3.63, 3.8) is 0 Å². The van der Waals surface area contributed by atoms with E-state index in [0.29, 0.717) is 6.61 Å². The second kappa shape index (κ2) is 13.8. The minimum atomic E-state index is -0.149. The van der Waals surface area contributed by atoms with Gasteiger partial charge in [-0.15, -0.1) is 0 Å². The monoisotopic (exact) mass is 288 g/mol. The van der Waals surface area contributed by atoms with Crippen LogP contribution < -0.4 is 0 Å². The van der Waals surface area contributed by atoms with Crippen LogP contribution in [0.2, 0.25) is 0 Å². The third-order valence-electron chi connectivity index (χ3n) is 3.69. The van der Waals surface area contributed by atoms with Crippen molar-refractivity contribution in [2.24, 2.45) is 0 Å². The summed E-state index contributed by atoms with van der Waals surface area (Å²) in [6, 6.07) is 0. The third kappa shape index (κ3) is 9.73. The molecule has 0 bridgehead atoms. The van der Waals surface area contributed by atoms with Gasteiger partial charge in [0.05, 0.1) is 6.61 Å². The first kappa shape index (κ1) is 19.9. The van der Waals surface area contributed by atoms with Gasteiger partial charge in [-0.25, -0.2) is 4.89 Å². The molecule has 0 heterocycles. The van der Waals surface area contributed by atoms with E-state index in [1.807, 2.05) is 0 Å². The quantitative estimate of drug-likeness (QED) is 0.211. The first-order valence-electron chi connectivity index (χ1n) is 8.72. The largest absolute Gasteiger partial charge is 0.206 e. The molecule has 0 aromatic heterocycles. The van der Waals surface area contributed by atoms with E-state index in [9.17, 15) is 0 Å². The van der Waals surface area contributed by atoms with Crippen LogP contribution in [0.5, 0.6) is 0 Å². The van der Waals surface area contributed by atoms with Gasteiger partial charge in [0.1, 0.15) is 5.60 Å². The van der Waals surface area contributed by atoms with E-state index in [4.69, 9.17) is 14.8 Å². The lowest BCUT2D eigenvalue weighted by atomic mass is 9.87. The SMILES string of the molecule is CCCCCCCC(CCC)(CCC)OOOCCC. The number of hydrogen-bond acceptors (Lipinski definition) is 3. The summed E-state index contributed by atoms with van der Waals surface area (Å²) in [5.74, 6) is 0. The molecular formula is C17H36O3. The highest BCUT2D eigenvalue weighted by Crippen LogP contribution is 2.31. The Morgan fingerprint density at radius 1 is 0.650 bits per heavy atom. The maximum atomic E-state index is 5.70. The van der Waals surface area contributed by atoms with Crippen molar-refractivity contribution >= 4 is 0 Å². The van der Waals surface area contributed by atoms with Gasteiger partial charge in [-0.2, -0.15) is 4.89 Å². The minimum Gasteiger partial charge on any atom is -0.206 e. The summed E-state index contributed by atoms with van der Waals surface area (Å²) in [6.45, 7) is 9.31.